The fourth-order valence-corrected chi connectivity index (χ4v) is 4.60. The van der Waals surface area contributed by atoms with E-state index in [1.54, 1.807) is 0 Å². The lowest BCUT2D eigenvalue weighted by Crippen LogP contribution is -2.59. The molecule has 2 heterocycles. The van der Waals surface area contributed by atoms with Crippen molar-refractivity contribution in [3.63, 3.8) is 0 Å². The third kappa shape index (κ3) is 4.59. The Labute approximate surface area is 207 Å². The molecule has 0 aromatic heterocycles. The van der Waals surface area contributed by atoms with E-state index in [9.17, 15) is 27.5 Å². The maximum absolute atomic E-state index is 15.2. The van der Waals surface area contributed by atoms with Crippen molar-refractivity contribution in [2.24, 2.45) is 5.16 Å². The van der Waals surface area contributed by atoms with Gasteiger partial charge in [-0.25, -0.2) is 8.78 Å². The van der Waals surface area contributed by atoms with Gasteiger partial charge < -0.3 is 14.8 Å². The lowest BCUT2D eigenvalue weighted by molar-refractivity contribution is -0.275. The van der Waals surface area contributed by atoms with Crippen LogP contribution in [0.25, 0.3) is 0 Å². The van der Waals surface area contributed by atoms with E-state index in [0.717, 1.165) is 12.1 Å². The molecule has 1 fully saturated rings. The number of aliphatic hydroxyl groups excluding tert-OH is 1. The molecule has 188 valence electrons. The molecule has 1 amide bonds. The minimum Gasteiger partial charge on any atom is -0.393 e. The van der Waals surface area contributed by atoms with Crippen LogP contribution in [0.3, 0.4) is 0 Å². The van der Waals surface area contributed by atoms with E-state index in [1.165, 1.54) is 36.1 Å². The van der Waals surface area contributed by atoms with Gasteiger partial charge in [-0.05, 0) is 30.2 Å². The molecule has 2 atom stereocenters. The Balaban J connectivity index is 1.53. The van der Waals surface area contributed by atoms with Gasteiger partial charge in [0.1, 0.15) is 0 Å². The summed E-state index contributed by atoms with van der Waals surface area (Å²) >= 11 is 11.4. The van der Waals surface area contributed by atoms with E-state index >= 15 is 4.39 Å². The Kier molecular flexibility index (Phi) is 6.53. The van der Waals surface area contributed by atoms with Crippen LogP contribution in [0.5, 0.6) is 0 Å². The third-order valence-electron chi connectivity index (χ3n) is 6.08. The first-order valence-electron chi connectivity index (χ1n) is 10.5. The molecule has 0 radical (unpaired) electrons. The molecule has 1 saturated heterocycles. The lowest BCUT2D eigenvalue weighted by atomic mass is 9.84. The Morgan fingerprint density at radius 1 is 1.17 bits per heavy atom. The third-order valence-corrected chi connectivity index (χ3v) is 6.63. The Morgan fingerprint density at radius 2 is 1.74 bits per heavy atom. The highest BCUT2D eigenvalue weighted by molar-refractivity contribution is 6.35. The molecule has 5 nitrogen and oxygen atoms in total. The highest BCUT2D eigenvalue weighted by Crippen LogP contribution is 2.50. The van der Waals surface area contributed by atoms with Crippen molar-refractivity contribution in [2.45, 2.75) is 43.3 Å². The summed E-state index contributed by atoms with van der Waals surface area (Å²) in [5.74, 6) is -1.42. The van der Waals surface area contributed by atoms with Crippen LogP contribution < -0.4 is 0 Å². The summed E-state index contributed by atoms with van der Waals surface area (Å²) in [6.45, 7) is 1.08. The van der Waals surface area contributed by atoms with Gasteiger partial charge in [-0.15, -0.1) is 0 Å². The fraction of sp³-hybridized carbons (Fsp3) is 0.391. The molecule has 0 aliphatic carbocycles. The number of aliphatic hydroxyl groups is 1. The minimum atomic E-state index is -4.94. The fourth-order valence-electron chi connectivity index (χ4n) is 4.11. The minimum absolute atomic E-state index is 0.0549. The molecule has 0 spiro atoms. The number of benzene rings is 2. The van der Waals surface area contributed by atoms with Crippen molar-refractivity contribution in [2.75, 3.05) is 13.1 Å². The van der Waals surface area contributed by atoms with Gasteiger partial charge in [0.05, 0.1) is 41.4 Å². The average Bonchev–Trinajstić information content (AvgIpc) is 3.21. The number of halogens is 7. The van der Waals surface area contributed by atoms with Crippen molar-refractivity contribution in [3.8, 4) is 0 Å². The Bertz CT molecular complexity index is 1160. The number of amides is 1. The maximum Gasteiger partial charge on any atom is 0.435 e. The normalized spacial score (nSPS) is 22.3. The molecule has 0 saturated carbocycles. The van der Waals surface area contributed by atoms with Gasteiger partial charge in [0.2, 0.25) is 5.91 Å². The standard InChI is InChI=1S/C23H19Cl2F5N2O3/c1-12(33)6-19(34)32-10-21(27,11-32)14-4-2-13(3-5-14)18-9-22(35-31-18,23(28,29)30)15-7-16(24)20(26)17(25)8-15/h2-5,7-8,12,33H,6,9-11H2,1H3. The molecule has 12 heteroatoms. The highest BCUT2D eigenvalue weighted by atomic mass is 35.5. The molecular formula is C23H19Cl2F5N2O3. The van der Waals surface area contributed by atoms with E-state index < -0.39 is 51.4 Å². The van der Waals surface area contributed by atoms with Crippen LogP contribution in [0.4, 0.5) is 22.0 Å². The summed E-state index contributed by atoms with van der Waals surface area (Å²) in [7, 11) is 0. The van der Waals surface area contributed by atoms with Crippen molar-refractivity contribution < 1.29 is 36.7 Å². The molecule has 35 heavy (non-hydrogen) atoms. The lowest BCUT2D eigenvalue weighted by Gasteiger charge is -2.45. The molecule has 2 aromatic rings. The monoisotopic (exact) mass is 536 g/mol. The number of hydrogen-bond donors (Lipinski definition) is 1. The predicted molar refractivity (Wildman–Crippen MR) is 118 cm³/mol. The second-order valence-electron chi connectivity index (χ2n) is 8.73. The van der Waals surface area contributed by atoms with Crippen LogP contribution in [-0.4, -0.2) is 47.0 Å². The topological polar surface area (TPSA) is 62.1 Å². The van der Waals surface area contributed by atoms with E-state index in [4.69, 9.17) is 28.0 Å². The van der Waals surface area contributed by atoms with E-state index in [0.29, 0.717) is 0 Å². The van der Waals surface area contributed by atoms with Crippen molar-refractivity contribution >= 4 is 34.8 Å². The Hall–Kier alpha value is -2.43. The summed E-state index contributed by atoms with van der Waals surface area (Å²) in [4.78, 5) is 18.1. The SMILES string of the molecule is CC(O)CC(=O)N1CC(F)(c2ccc(C3=NOC(c4cc(Cl)c(F)c(Cl)c4)(C(F)(F)F)C3)cc2)C1. The molecular weight excluding hydrogens is 518 g/mol. The molecule has 0 bridgehead atoms. The average molecular weight is 537 g/mol. The van der Waals surface area contributed by atoms with Crippen molar-refractivity contribution in [1.29, 1.82) is 0 Å². The van der Waals surface area contributed by atoms with Crippen LogP contribution in [-0.2, 0) is 20.9 Å². The van der Waals surface area contributed by atoms with Crippen LogP contribution >= 0.6 is 23.2 Å². The van der Waals surface area contributed by atoms with Crippen LogP contribution in [0, 0.1) is 5.82 Å². The van der Waals surface area contributed by atoms with Gasteiger partial charge in [0.15, 0.2) is 11.5 Å². The van der Waals surface area contributed by atoms with E-state index in [-0.39, 0.29) is 42.3 Å². The van der Waals surface area contributed by atoms with Gasteiger partial charge in [0, 0.05) is 12.0 Å². The quantitative estimate of drug-likeness (QED) is 0.406. The van der Waals surface area contributed by atoms with Gasteiger partial charge in [-0.3, -0.25) is 4.79 Å². The first kappa shape index (κ1) is 25.7. The van der Waals surface area contributed by atoms with Crippen LogP contribution in [0.2, 0.25) is 10.0 Å². The van der Waals surface area contributed by atoms with Crippen LogP contribution in [0.15, 0.2) is 41.6 Å². The molecule has 2 aliphatic rings. The molecule has 2 unspecified atom stereocenters. The number of carbonyl (C=O) groups is 1. The summed E-state index contributed by atoms with van der Waals surface area (Å²) in [6, 6.07) is 7.24. The molecule has 1 N–H and O–H groups in total. The second kappa shape index (κ2) is 8.90. The Morgan fingerprint density at radius 3 is 2.26 bits per heavy atom. The van der Waals surface area contributed by atoms with Crippen molar-refractivity contribution in [3.05, 3.63) is 69.0 Å². The summed E-state index contributed by atoms with van der Waals surface area (Å²) in [5, 5.41) is 11.7. The van der Waals surface area contributed by atoms with Crippen molar-refractivity contribution in [1.82, 2.24) is 4.90 Å². The first-order chi connectivity index (χ1) is 16.3. The van der Waals surface area contributed by atoms with Gasteiger partial charge >= 0.3 is 6.18 Å². The summed E-state index contributed by atoms with van der Waals surface area (Å²) < 4.78 is 71.4. The number of oxime groups is 1. The smallest absolute Gasteiger partial charge is 0.393 e. The number of hydrogen-bond acceptors (Lipinski definition) is 4. The number of nitrogens with zero attached hydrogens (tertiary/aromatic N) is 2. The zero-order chi connectivity index (χ0) is 25.8. The number of carbonyl (C=O) groups excluding carboxylic acids is 1. The van der Waals surface area contributed by atoms with Crippen LogP contribution in [0.1, 0.15) is 36.5 Å². The second-order valence-corrected chi connectivity index (χ2v) is 9.54. The summed E-state index contributed by atoms with van der Waals surface area (Å²) in [5.41, 5.74) is -4.78. The summed E-state index contributed by atoms with van der Waals surface area (Å²) in [6.07, 6.45) is -6.63. The molecule has 2 aliphatic heterocycles. The maximum atomic E-state index is 15.2. The van der Waals surface area contributed by atoms with Gasteiger partial charge in [-0.1, -0.05) is 52.6 Å². The zero-order valence-electron chi connectivity index (χ0n) is 18.2. The number of rotatable bonds is 5. The predicted octanol–water partition coefficient (Wildman–Crippen LogP) is 5.49. The van der Waals surface area contributed by atoms with E-state index in [2.05, 4.69) is 5.16 Å². The first-order valence-corrected chi connectivity index (χ1v) is 11.2. The molecule has 4 rings (SSSR count). The number of alkyl halides is 4. The number of likely N-dealkylation sites (tertiary alicyclic amines) is 1. The van der Waals surface area contributed by atoms with Gasteiger partial charge in [-0.2, -0.15) is 13.2 Å². The van der Waals surface area contributed by atoms with Gasteiger partial charge in [0.25, 0.3) is 5.60 Å². The largest absolute Gasteiger partial charge is 0.435 e. The zero-order valence-corrected chi connectivity index (χ0v) is 19.7. The highest BCUT2D eigenvalue weighted by Gasteiger charge is 2.62. The van der Waals surface area contributed by atoms with E-state index in [1.807, 2.05) is 0 Å². The molecule has 2 aromatic carbocycles.